The Morgan fingerprint density at radius 1 is 0.591 bits per heavy atom. The van der Waals surface area contributed by atoms with Crippen molar-refractivity contribution in [3.05, 3.63) is 10.4 Å². The van der Waals surface area contributed by atoms with Crippen LogP contribution in [0, 0.1) is 0 Å². The van der Waals surface area contributed by atoms with Crippen molar-refractivity contribution >= 4 is 18.7 Å². The Labute approximate surface area is 140 Å². The molecule has 0 saturated heterocycles. The molecule has 22 heavy (non-hydrogen) atoms. The van der Waals surface area contributed by atoms with Gasteiger partial charge in [-0.2, -0.15) is 0 Å². The molecular formula is C18H33N3Sn. The average molecular weight is 410 g/mol. The van der Waals surface area contributed by atoms with Crippen LogP contribution in [0.15, 0.2) is 3.34 Å². The van der Waals surface area contributed by atoms with Gasteiger partial charge < -0.3 is 0 Å². The van der Waals surface area contributed by atoms with Crippen molar-refractivity contribution in [2.75, 3.05) is 0 Å². The third-order valence-corrected chi connectivity index (χ3v) is 24.4. The summed E-state index contributed by atoms with van der Waals surface area (Å²) < 4.78 is 7.56. The van der Waals surface area contributed by atoms with Crippen LogP contribution in [0.3, 0.4) is 0 Å². The Bertz CT molecular complexity index is 342. The fourth-order valence-electron chi connectivity index (χ4n) is 6.02. The molecule has 3 saturated carbocycles. The number of hydrogen-bond acceptors (Lipinski definition) is 1. The molecule has 3 nitrogen and oxygen atoms in total. The predicted molar refractivity (Wildman–Crippen MR) is 95.4 cm³/mol. The molecule has 0 atom stereocenters. The van der Waals surface area contributed by atoms with Gasteiger partial charge in [-0.15, -0.1) is 0 Å². The minimum atomic E-state index is -2.83. The molecule has 3 fully saturated rings. The first-order valence-electron chi connectivity index (χ1n) is 9.94. The molecule has 0 bridgehead atoms. The molecule has 3 aliphatic rings. The summed E-state index contributed by atoms with van der Waals surface area (Å²) in [4.78, 5) is 3.55. The van der Waals surface area contributed by atoms with E-state index in [-0.39, 0.29) is 0 Å². The van der Waals surface area contributed by atoms with E-state index in [9.17, 15) is 5.53 Å². The number of azide groups is 1. The molecular weight excluding hydrogens is 377 g/mol. The molecule has 0 aromatic rings. The zero-order valence-corrected chi connectivity index (χ0v) is 17.0. The second kappa shape index (κ2) is 8.28. The third-order valence-electron chi connectivity index (χ3n) is 7.00. The van der Waals surface area contributed by atoms with E-state index in [1.807, 2.05) is 0 Å². The fourth-order valence-corrected chi connectivity index (χ4v) is 25.0. The van der Waals surface area contributed by atoms with Gasteiger partial charge in [0, 0.05) is 0 Å². The molecule has 0 aromatic carbocycles. The van der Waals surface area contributed by atoms with Gasteiger partial charge in [0.15, 0.2) is 0 Å². The molecule has 124 valence electrons. The first kappa shape index (κ1) is 16.9. The Morgan fingerprint density at radius 2 is 0.909 bits per heavy atom. The molecule has 3 aliphatic carbocycles. The maximum atomic E-state index is 9.50. The van der Waals surface area contributed by atoms with Crippen molar-refractivity contribution in [3.63, 3.8) is 0 Å². The van der Waals surface area contributed by atoms with Crippen LogP contribution < -0.4 is 0 Å². The van der Waals surface area contributed by atoms with Gasteiger partial charge in [0.05, 0.1) is 0 Å². The van der Waals surface area contributed by atoms with Crippen LogP contribution in [-0.2, 0) is 0 Å². The topological polar surface area (TPSA) is 48.8 Å². The van der Waals surface area contributed by atoms with Gasteiger partial charge in [0.1, 0.15) is 0 Å². The number of nitrogens with zero attached hydrogens (tertiary/aromatic N) is 3. The van der Waals surface area contributed by atoms with Gasteiger partial charge in [0.2, 0.25) is 0 Å². The van der Waals surface area contributed by atoms with Crippen molar-refractivity contribution < 1.29 is 0 Å². The van der Waals surface area contributed by atoms with Gasteiger partial charge in [-0.05, 0) is 0 Å². The molecule has 0 aliphatic heterocycles. The van der Waals surface area contributed by atoms with E-state index in [4.69, 9.17) is 3.34 Å². The quantitative estimate of drug-likeness (QED) is 0.203. The van der Waals surface area contributed by atoms with Crippen LogP contribution in [-0.4, -0.2) is 18.7 Å². The molecule has 0 spiro atoms. The van der Waals surface area contributed by atoms with Crippen molar-refractivity contribution in [2.45, 2.75) is 108 Å². The first-order valence-corrected chi connectivity index (χ1v) is 16.2. The molecule has 0 aromatic heterocycles. The zero-order chi connectivity index (χ0) is 15.3. The van der Waals surface area contributed by atoms with Crippen molar-refractivity contribution in [2.24, 2.45) is 3.34 Å². The van der Waals surface area contributed by atoms with E-state index in [1.165, 1.54) is 96.3 Å². The fraction of sp³-hybridized carbons (Fsp3) is 1.00. The Balaban J connectivity index is 1.93. The standard InChI is InChI=1S/3C6H11.N3.Sn/c3*1-2-4-6-5-3-1;1-3-2;/h3*1H,2-6H2;;/q;;;-1;+1. The van der Waals surface area contributed by atoms with E-state index in [0.717, 1.165) is 11.8 Å². The van der Waals surface area contributed by atoms with Gasteiger partial charge >= 0.3 is 141 Å². The van der Waals surface area contributed by atoms with E-state index < -0.39 is 18.7 Å². The number of rotatable bonds is 4. The summed E-state index contributed by atoms with van der Waals surface area (Å²) in [5.41, 5.74) is 9.50. The summed E-state index contributed by atoms with van der Waals surface area (Å²) in [6.45, 7) is 0. The molecule has 0 amide bonds. The van der Waals surface area contributed by atoms with E-state index >= 15 is 0 Å². The van der Waals surface area contributed by atoms with Crippen molar-refractivity contribution in [3.8, 4) is 0 Å². The molecule has 4 heteroatoms. The van der Waals surface area contributed by atoms with E-state index in [0.29, 0.717) is 0 Å². The van der Waals surface area contributed by atoms with Crippen LogP contribution in [0.2, 0.25) is 11.8 Å². The van der Waals surface area contributed by atoms with Gasteiger partial charge in [-0.3, -0.25) is 0 Å². The normalized spacial score (nSPS) is 26.5. The van der Waals surface area contributed by atoms with Crippen LogP contribution in [0.25, 0.3) is 10.4 Å². The monoisotopic (exact) mass is 411 g/mol. The minimum absolute atomic E-state index is 0.880. The zero-order valence-electron chi connectivity index (χ0n) is 14.2. The number of hydrogen-bond donors (Lipinski definition) is 0. The molecule has 0 N–H and O–H groups in total. The summed E-state index contributed by atoms with van der Waals surface area (Å²) in [7, 11) is 0. The molecule has 0 unspecified atom stereocenters. The Hall–Kier alpha value is 0.109. The Kier molecular flexibility index (Phi) is 6.38. The third kappa shape index (κ3) is 3.45. The maximum absolute atomic E-state index is 9.50. The van der Waals surface area contributed by atoms with Gasteiger partial charge in [0.25, 0.3) is 0 Å². The summed E-state index contributed by atoms with van der Waals surface area (Å²) >= 11 is -2.83. The second-order valence-electron chi connectivity index (χ2n) is 8.08. The first-order chi connectivity index (χ1) is 10.9. The van der Waals surface area contributed by atoms with Gasteiger partial charge in [-0.1, -0.05) is 0 Å². The summed E-state index contributed by atoms with van der Waals surface area (Å²) in [5.74, 6) is 0. The van der Waals surface area contributed by atoms with Crippen LogP contribution in [0.4, 0.5) is 0 Å². The predicted octanol–water partition coefficient (Wildman–Crippen LogP) is 7.25. The van der Waals surface area contributed by atoms with E-state index in [1.54, 1.807) is 0 Å². The Morgan fingerprint density at radius 3 is 1.18 bits per heavy atom. The average Bonchev–Trinajstić information content (AvgIpc) is 2.62. The van der Waals surface area contributed by atoms with Crippen LogP contribution >= 0.6 is 0 Å². The SMILES string of the molecule is [N-]=[N+]=[N][Sn]([CH]1CCCCC1)([CH]1CCCCC1)[CH]1CCCCC1. The second-order valence-corrected chi connectivity index (χ2v) is 20.7. The molecule has 0 heterocycles. The summed E-state index contributed by atoms with van der Waals surface area (Å²) in [5, 5.41) is 0. The van der Waals surface area contributed by atoms with Crippen molar-refractivity contribution in [1.82, 2.24) is 0 Å². The van der Waals surface area contributed by atoms with Crippen LogP contribution in [0.5, 0.6) is 0 Å². The van der Waals surface area contributed by atoms with E-state index in [2.05, 4.69) is 4.91 Å². The summed E-state index contributed by atoms with van der Waals surface area (Å²) in [6, 6.07) is 0. The molecule has 3 rings (SSSR count). The van der Waals surface area contributed by atoms with Crippen LogP contribution in [0.1, 0.15) is 96.3 Å². The summed E-state index contributed by atoms with van der Waals surface area (Å²) in [6.07, 6.45) is 21.1. The molecule has 0 radical (unpaired) electrons. The van der Waals surface area contributed by atoms with Crippen molar-refractivity contribution in [1.29, 1.82) is 0 Å². The van der Waals surface area contributed by atoms with Gasteiger partial charge in [-0.25, -0.2) is 0 Å².